The monoisotopic (exact) mass is 205 g/mol. The van der Waals surface area contributed by atoms with Gasteiger partial charge in [0, 0.05) is 12.6 Å². The molecule has 4 heteroatoms. The Morgan fingerprint density at radius 2 is 1.93 bits per heavy atom. The van der Waals surface area contributed by atoms with Crippen LogP contribution in [0.1, 0.15) is 39.0 Å². The van der Waals surface area contributed by atoms with Crippen LogP contribution in [-0.4, -0.2) is 29.8 Å². The van der Waals surface area contributed by atoms with Gasteiger partial charge in [-0.05, 0) is 19.8 Å². The van der Waals surface area contributed by atoms with Crippen LogP contribution in [0.3, 0.4) is 0 Å². The van der Waals surface area contributed by atoms with Gasteiger partial charge in [0.15, 0.2) is 0 Å². The van der Waals surface area contributed by atoms with Gasteiger partial charge in [-0.15, -0.1) is 0 Å². The molecular formula is C10H17F2NO. The zero-order valence-electron chi connectivity index (χ0n) is 8.51. The summed E-state index contributed by atoms with van der Waals surface area (Å²) in [7, 11) is 0. The summed E-state index contributed by atoms with van der Waals surface area (Å²) in [6.45, 7) is 2.16. The predicted octanol–water partition coefficient (Wildman–Crippen LogP) is 2.43. The van der Waals surface area contributed by atoms with Crippen LogP contribution in [0.5, 0.6) is 0 Å². The number of hydrogen-bond donors (Lipinski definition) is 0. The Hall–Kier alpha value is -0.670. The van der Waals surface area contributed by atoms with E-state index < -0.39 is 12.3 Å². The third kappa shape index (κ3) is 2.66. The smallest absolute Gasteiger partial charge is 0.315 e. The van der Waals surface area contributed by atoms with Crippen molar-refractivity contribution in [3.8, 4) is 0 Å². The molecule has 0 heterocycles. The molecule has 1 rings (SSSR count). The molecule has 0 atom stereocenters. The van der Waals surface area contributed by atoms with Crippen LogP contribution in [0.25, 0.3) is 0 Å². The van der Waals surface area contributed by atoms with Gasteiger partial charge in [0.1, 0.15) is 0 Å². The summed E-state index contributed by atoms with van der Waals surface area (Å²) in [4.78, 5) is 12.5. The zero-order valence-corrected chi connectivity index (χ0v) is 8.51. The molecule has 0 aromatic carbocycles. The number of rotatable bonds is 3. The largest absolute Gasteiger partial charge is 0.335 e. The van der Waals surface area contributed by atoms with Gasteiger partial charge in [-0.3, -0.25) is 4.79 Å². The van der Waals surface area contributed by atoms with E-state index in [4.69, 9.17) is 0 Å². The van der Waals surface area contributed by atoms with Crippen molar-refractivity contribution in [3.63, 3.8) is 0 Å². The highest BCUT2D eigenvalue weighted by Gasteiger charge is 2.28. The molecule has 14 heavy (non-hydrogen) atoms. The summed E-state index contributed by atoms with van der Waals surface area (Å²) in [5, 5.41) is 0. The number of amides is 1. The number of hydrogen-bond acceptors (Lipinski definition) is 1. The molecule has 82 valence electrons. The quantitative estimate of drug-likeness (QED) is 0.693. The van der Waals surface area contributed by atoms with Crippen molar-refractivity contribution < 1.29 is 13.6 Å². The lowest BCUT2D eigenvalue weighted by atomic mass is 9.94. The highest BCUT2D eigenvalue weighted by atomic mass is 19.3. The molecule has 0 aromatic heterocycles. The molecule has 0 saturated heterocycles. The number of alkyl halides is 2. The predicted molar refractivity (Wildman–Crippen MR) is 50.3 cm³/mol. The number of halogens is 2. The number of carbonyl (C=O) groups is 1. The van der Waals surface area contributed by atoms with Crippen LogP contribution < -0.4 is 0 Å². The van der Waals surface area contributed by atoms with Crippen molar-refractivity contribution in [1.29, 1.82) is 0 Å². The van der Waals surface area contributed by atoms with E-state index in [9.17, 15) is 13.6 Å². The third-order valence-electron chi connectivity index (χ3n) is 2.83. The fourth-order valence-corrected chi connectivity index (χ4v) is 2.11. The summed E-state index contributed by atoms with van der Waals surface area (Å²) >= 11 is 0. The summed E-state index contributed by atoms with van der Waals surface area (Å²) < 4.78 is 24.5. The minimum Gasteiger partial charge on any atom is -0.335 e. The fraction of sp³-hybridized carbons (Fsp3) is 0.900. The standard InChI is InChI=1S/C10H17F2NO/c1-2-13(10(14)9(11)12)8-6-4-3-5-7-8/h8-9H,2-7H2,1H3. The van der Waals surface area contributed by atoms with Gasteiger partial charge < -0.3 is 4.90 Å². The van der Waals surface area contributed by atoms with Crippen molar-refractivity contribution in [2.75, 3.05) is 6.54 Å². The van der Waals surface area contributed by atoms with Crippen LogP contribution in [0.2, 0.25) is 0 Å². The second-order valence-corrected chi connectivity index (χ2v) is 3.72. The van der Waals surface area contributed by atoms with Gasteiger partial charge in [-0.25, -0.2) is 0 Å². The molecule has 0 spiro atoms. The Kier molecular flexibility index (Phi) is 4.29. The van der Waals surface area contributed by atoms with Gasteiger partial charge >= 0.3 is 6.43 Å². The Morgan fingerprint density at radius 3 is 2.36 bits per heavy atom. The van der Waals surface area contributed by atoms with E-state index in [0.29, 0.717) is 6.54 Å². The maximum atomic E-state index is 12.2. The Bertz CT molecular complexity index is 191. The normalized spacial score (nSPS) is 18.6. The minimum absolute atomic E-state index is 0.0512. The van der Waals surface area contributed by atoms with Gasteiger partial charge in [0.2, 0.25) is 0 Å². The molecule has 0 aromatic rings. The average molecular weight is 205 g/mol. The molecule has 1 aliphatic rings. The van der Waals surface area contributed by atoms with E-state index in [1.165, 1.54) is 4.90 Å². The van der Waals surface area contributed by atoms with E-state index in [0.717, 1.165) is 32.1 Å². The van der Waals surface area contributed by atoms with Crippen molar-refractivity contribution >= 4 is 5.91 Å². The molecule has 0 unspecified atom stereocenters. The van der Waals surface area contributed by atoms with Gasteiger partial charge in [-0.2, -0.15) is 8.78 Å². The fourth-order valence-electron chi connectivity index (χ4n) is 2.11. The second-order valence-electron chi connectivity index (χ2n) is 3.72. The first-order valence-corrected chi connectivity index (χ1v) is 5.25. The molecule has 2 nitrogen and oxygen atoms in total. The van der Waals surface area contributed by atoms with E-state index in [1.807, 2.05) is 0 Å². The highest BCUT2D eigenvalue weighted by Crippen LogP contribution is 2.23. The molecule has 0 radical (unpaired) electrons. The SMILES string of the molecule is CCN(C(=O)C(F)F)C1CCCCC1. The average Bonchev–Trinajstić information content (AvgIpc) is 2.20. The topological polar surface area (TPSA) is 20.3 Å². The Labute approximate surface area is 83.3 Å². The first-order valence-electron chi connectivity index (χ1n) is 5.25. The van der Waals surface area contributed by atoms with E-state index in [2.05, 4.69) is 0 Å². The molecule has 1 saturated carbocycles. The van der Waals surface area contributed by atoms with Crippen LogP contribution >= 0.6 is 0 Å². The summed E-state index contributed by atoms with van der Waals surface area (Å²) in [6.07, 6.45) is 2.18. The van der Waals surface area contributed by atoms with E-state index in [1.54, 1.807) is 6.92 Å². The van der Waals surface area contributed by atoms with Crippen molar-refractivity contribution in [2.45, 2.75) is 51.5 Å². The van der Waals surface area contributed by atoms with Crippen LogP contribution in [0, 0.1) is 0 Å². The van der Waals surface area contributed by atoms with Gasteiger partial charge in [0.25, 0.3) is 5.91 Å². The second kappa shape index (κ2) is 5.27. The summed E-state index contributed by atoms with van der Waals surface area (Å²) in [6, 6.07) is 0.0512. The molecule has 0 aliphatic heterocycles. The van der Waals surface area contributed by atoms with Crippen LogP contribution in [-0.2, 0) is 4.79 Å². The van der Waals surface area contributed by atoms with Gasteiger partial charge in [0.05, 0.1) is 0 Å². The lowest BCUT2D eigenvalue weighted by Gasteiger charge is -2.33. The summed E-state index contributed by atoms with van der Waals surface area (Å²) in [5.41, 5.74) is 0. The van der Waals surface area contributed by atoms with E-state index >= 15 is 0 Å². The zero-order chi connectivity index (χ0) is 10.6. The molecule has 0 N–H and O–H groups in total. The molecule has 1 amide bonds. The third-order valence-corrected chi connectivity index (χ3v) is 2.83. The van der Waals surface area contributed by atoms with Crippen LogP contribution in [0.15, 0.2) is 0 Å². The Morgan fingerprint density at radius 1 is 1.36 bits per heavy atom. The van der Waals surface area contributed by atoms with Crippen molar-refractivity contribution in [2.24, 2.45) is 0 Å². The number of carbonyl (C=O) groups excluding carboxylic acids is 1. The van der Waals surface area contributed by atoms with Crippen molar-refractivity contribution in [3.05, 3.63) is 0 Å². The van der Waals surface area contributed by atoms with Gasteiger partial charge in [-0.1, -0.05) is 19.3 Å². The minimum atomic E-state index is -2.85. The number of nitrogens with zero attached hydrogens (tertiary/aromatic N) is 1. The highest BCUT2D eigenvalue weighted by molar-refractivity contribution is 5.79. The summed E-state index contributed by atoms with van der Waals surface area (Å²) in [5.74, 6) is -1.00. The molecule has 0 bridgehead atoms. The first kappa shape index (κ1) is 11.4. The lowest BCUT2D eigenvalue weighted by Crippen LogP contribution is -2.44. The molecule has 1 fully saturated rings. The Balaban J connectivity index is 2.55. The first-order chi connectivity index (χ1) is 6.66. The van der Waals surface area contributed by atoms with Crippen molar-refractivity contribution in [1.82, 2.24) is 4.90 Å². The maximum Gasteiger partial charge on any atom is 0.315 e. The lowest BCUT2D eigenvalue weighted by molar-refractivity contribution is -0.145. The molecule has 1 aliphatic carbocycles. The van der Waals surface area contributed by atoms with Crippen LogP contribution in [0.4, 0.5) is 8.78 Å². The maximum absolute atomic E-state index is 12.2. The van der Waals surface area contributed by atoms with E-state index in [-0.39, 0.29) is 6.04 Å². The molecular weight excluding hydrogens is 188 g/mol.